The van der Waals surface area contributed by atoms with Gasteiger partial charge in [-0.25, -0.2) is 0 Å². The topological polar surface area (TPSA) is 4.93 Å². The number of rotatable bonds is 3. The fourth-order valence-corrected chi connectivity index (χ4v) is 4.13. The summed E-state index contributed by atoms with van der Waals surface area (Å²) in [5.41, 5.74) is 6.84. The lowest BCUT2D eigenvalue weighted by atomic mass is 9.98. The lowest BCUT2D eigenvalue weighted by Gasteiger charge is -2.13. The zero-order chi connectivity index (χ0) is 19.8. The van der Waals surface area contributed by atoms with Crippen molar-refractivity contribution in [2.45, 2.75) is 0 Å². The van der Waals surface area contributed by atoms with Crippen molar-refractivity contribution in [3.05, 3.63) is 113 Å². The highest BCUT2D eigenvalue weighted by molar-refractivity contribution is 6.31. The molecule has 0 spiro atoms. The quantitative estimate of drug-likeness (QED) is 0.280. The van der Waals surface area contributed by atoms with Crippen LogP contribution >= 0.6 is 23.2 Å². The highest BCUT2D eigenvalue weighted by atomic mass is 35.5. The van der Waals surface area contributed by atoms with Crippen molar-refractivity contribution in [1.82, 2.24) is 4.57 Å². The Kier molecular flexibility index (Phi) is 4.63. The van der Waals surface area contributed by atoms with Gasteiger partial charge in [-0.15, -0.1) is 0 Å². The van der Waals surface area contributed by atoms with E-state index in [0.717, 1.165) is 38.1 Å². The molecule has 5 aromatic rings. The molecule has 0 radical (unpaired) electrons. The number of aromatic nitrogens is 1. The Hall–Kier alpha value is -3.00. The van der Waals surface area contributed by atoms with Crippen LogP contribution in [0.2, 0.25) is 10.0 Å². The Morgan fingerprint density at radius 1 is 0.517 bits per heavy atom. The first-order valence-electron chi connectivity index (χ1n) is 9.43. The van der Waals surface area contributed by atoms with Crippen molar-refractivity contribution in [3.63, 3.8) is 0 Å². The predicted molar refractivity (Wildman–Crippen MR) is 124 cm³/mol. The molecule has 0 N–H and O–H groups in total. The van der Waals surface area contributed by atoms with Gasteiger partial charge in [-0.2, -0.15) is 0 Å². The summed E-state index contributed by atoms with van der Waals surface area (Å²) in [7, 11) is 0. The van der Waals surface area contributed by atoms with Crippen molar-refractivity contribution in [2.24, 2.45) is 0 Å². The molecule has 4 aromatic carbocycles. The maximum absolute atomic E-state index is 6.19. The van der Waals surface area contributed by atoms with Gasteiger partial charge in [0.05, 0.1) is 11.2 Å². The Morgan fingerprint density at radius 3 is 1.72 bits per heavy atom. The average molecular weight is 414 g/mol. The lowest BCUT2D eigenvalue weighted by molar-refractivity contribution is 1.13. The van der Waals surface area contributed by atoms with E-state index in [4.69, 9.17) is 23.2 Å². The Morgan fingerprint density at radius 2 is 1.07 bits per heavy atom. The van der Waals surface area contributed by atoms with Gasteiger partial charge in [0.2, 0.25) is 0 Å². The van der Waals surface area contributed by atoms with E-state index in [1.165, 1.54) is 10.9 Å². The van der Waals surface area contributed by atoms with E-state index in [9.17, 15) is 0 Å². The molecule has 0 saturated heterocycles. The average Bonchev–Trinajstić information content (AvgIpc) is 3.11. The number of halogens is 2. The van der Waals surface area contributed by atoms with Crippen molar-refractivity contribution < 1.29 is 0 Å². The van der Waals surface area contributed by atoms with Crippen LogP contribution in [-0.2, 0) is 0 Å². The number of fused-ring (bicyclic) bond motifs is 1. The molecule has 0 atom stereocenters. The number of hydrogen-bond acceptors (Lipinski definition) is 0. The fourth-order valence-electron chi connectivity index (χ4n) is 3.88. The second kappa shape index (κ2) is 7.44. The summed E-state index contributed by atoms with van der Waals surface area (Å²) in [4.78, 5) is 0. The SMILES string of the molecule is Clc1ccc(-c2c(-c3ccc(Cl)cc3)n(-c3ccccc3)c3ccccc23)cc1. The molecule has 0 unspecified atom stereocenters. The normalized spacial score (nSPS) is 11.1. The Labute approximate surface area is 179 Å². The molecule has 5 rings (SSSR count). The monoisotopic (exact) mass is 413 g/mol. The van der Waals surface area contributed by atoms with Crippen molar-refractivity contribution in [3.8, 4) is 28.1 Å². The fraction of sp³-hybridized carbons (Fsp3) is 0. The second-order valence-corrected chi connectivity index (χ2v) is 7.80. The Balaban J connectivity index is 1.93. The maximum atomic E-state index is 6.19. The molecule has 0 bridgehead atoms. The summed E-state index contributed by atoms with van der Waals surface area (Å²) in [6.45, 7) is 0. The maximum Gasteiger partial charge on any atom is 0.0619 e. The van der Waals surface area contributed by atoms with Crippen LogP contribution in [0.5, 0.6) is 0 Å². The minimum absolute atomic E-state index is 0.726. The zero-order valence-corrected chi connectivity index (χ0v) is 17.0. The Bertz CT molecular complexity index is 1280. The van der Waals surface area contributed by atoms with E-state index in [0.29, 0.717) is 0 Å². The molecule has 0 amide bonds. The highest BCUT2D eigenvalue weighted by Crippen LogP contribution is 2.43. The summed E-state index contributed by atoms with van der Waals surface area (Å²) in [5, 5.41) is 2.65. The number of hydrogen-bond donors (Lipinski definition) is 0. The smallest absolute Gasteiger partial charge is 0.0619 e. The third-order valence-electron chi connectivity index (χ3n) is 5.14. The van der Waals surface area contributed by atoms with Gasteiger partial charge in [0.15, 0.2) is 0 Å². The van der Waals surface area contributed by atoms with Crippen LogP contribution in [0.4, 0.5) is 0 Å². The molecule has 29 heavy (non-hydrogen) atoms. The first-order valence-corrected chi connectivity index (χ1v) is 10.2. The number of benzene rings is 4. The van der Waals surface area contributed by atoms with Gasteiger partial charge in [0, 0.05) is 26.7 Å². The molecule has 140 valence electrons. The van der Waals surface area contributed by atoms with Crippen molar-refractivity contribution in [1.29, 1.82) is 0 Å². The first-order chi connectivity index (χ1) is 14.2. The van der Waals surface area contributed by atoms with Crippen LogP contribution in [0.3, 0.4) is 0 Å². The van der Waals surface area contributed by atoms with Gasteiger partial charge in [-0.05, 0) is 53.6 Å². The van der Waals surface area contributed by atoms with Crippen LogP contribution in [0.1, 0.15) is 0 Å². The van der Waals surface area contributed by atoms with Gasteiger partial charge < -0.3 is 4.57 Å². The number of para-hydroxylation sites is 2. The van der Waals surface area contributed by atoms with Gasteiger partial charge in [0.25, 0.3) is 0 Å². The molecule has 1 nitrogen and oxygen atoms in total. The van der Waals surface area contributed by atoms with E-state index in [1.807, 2.05) is 30.3 Å². The van der Waals surface area contributed by atoms with E-state index < -0.39 is 0 Å². The third kappa shape index (κ3) is 3.23. The molecule has 0 fully saturated rings. The summed E-state index contributed by atoms with van der Waals surface area (Å²) in [5.74, 6) is 0. The van der Waals surface area contributed by atoms with Crippen LogP contribution < -0.4 is 0 Å². The van der Waals surface area contributed by atoms with E-state index in [1.54, 1.807) is 0 Å². The third-order valence-corrected chi connectivity index (χ3v) is 5.64. The van der Waals surface area contributed by atoms with Crippen LogP contribution in [0.15, 0.2) is 103 Å². The largest absolute Gasteiger partial charge is 0.309 e. The van der Waals surface area contributed by atoms with Gasteiger partial charge >= 0.3 is 0 Å². The van der Waals surface area contributed by atoms with Gasteiger partial charge in [-0.3, -0.25) is 0 Å². The molecule has 0 aliphatic rings. The van der Waals surface area contributed by atoms with Crippen molar-refractivity contribution in [2.75, 3.05) is 0 Å². The number of nitrogens with zero attached hydrogens (tertiary/aromatic N) is 1. The molecular formula is C26H17Cl2N. The molecule has 3 heteroatoms. The minimum Gasteiger partial charge on any atom is -0.309 e. The second-order valence-electron chi connectivity index (χ2n) is 6.93. The van der Waals surface area contributed by atoms with E-state index >= 15 is 0 Å². The summed E-state index contributed by atoms with van der Waals surface area (Å²) >= 11 is 12.4. The molecule has 0 saturated carbocycles. The molecule has 0 aliphatic carbocycles. The summed E-state index contributed by atoms with van der Waals surface area (Å²) in [6.07, 6.45) is 0. The van der Waals surface area contributed by atoms with Crippen molar-refractivity contribution >= 4 is 34.1 Å². The predicted octanol–water partition coefficient (Wildman–Crippen LogP) is 8.27. The van der Waals surface area contributed by atoms with E-state index in [-0.39, 0.29) is 0 Å². The summed E-state index contributed by atoms with van der Waals surface area (Å²) in [6, 6.07) is 35.0. The lowest BCUT2D eigenvalue weighted by Crippen LogP contribution is -1.97. The molecular weight excluding hydrogens is 397 g/mol. The van der Waals surface area contributed by atoms with Crippen LogP contribution in [0, 0.1) is 0 Å². The molecule has 0 aliphatic heterocycles. The molecule has 1 aromatic heterocycles. The zero-order valence-electron chi connectivity index (χ0n) is 15.5. The van der Waals surface area contributed by atoms with Gasteiger partial charge in [0.1, 0.15) is 0 Å². The first kappa shape index (κ1) is 18.1. The standard InChI is InChI=1S/C26H17Cl2N/c27-20-14-10-18(11-15-20)25-23-8-4-5-9-24(23)29(22-6-2-1-3-7-22)26(25)19-12-16-21(28)17-13-19/h1-17H. The minimum atomic E-state index is 0.726. The molecule has 1 heterocycles. The van der Waals surface area contributed by atoms with Crippen LogP contribution in [-0.4, -0.2) is 4.57 Å². The van der Waals surface area contributed by atoms with Crippen LogP contribution in [0.25, 0.3) is 39.0 Å². The highest BCUT2D eigenvalue weighted by Gasteiger charge is 2.20. The summed E-state index contributed by atoms with van der Waals surface area (Å²) < 4.78 is 2.32. The van der Waals surface area contributed by atoms with Gasteiger partial charge in [-0.1, -0.05) is 83.9 Å². The van der Waals surface area contributed by atoms with E-state index in [2.05, 4.69) is 77.4 Å².